The van der Waals surface area contributed by atoms with Crippen LogP contribution in [0, 0.1) is 17.0 Å². The number of aryl methyl sites for hydroxylation is 1. The van der Waals surface area contributed by atoms with Crippen LogP contribution < -0.4 is 11.1 Å². The van der Waals surface area contributed by atoms with Crippen LogP contribution in [0.15, 0.2) is 36.4 Å². The van der Waals surface area contributed by atoms with Gasteiger partial charge in [-0.1, -0.05) is 6.07 Å². The number of hydrogen-bond acceptors (Lipinski definition) is 5. The van der Waals surface area contributed by atoms with E-state index in [1.807, 2.05) is 0 Å². The zero-order chi connectivity index (χ0) is 14.7. The maximum Gasteiger partial charge on any atom is 0.270 e. The molecule has 1 aromatic heterocycles. The van der Waals surface area contributed by atoms with E-state index < -0.39 is 10.8 Å². The molecule has 1 heterocycles. The molecule has 0 bridgehead atoms. The van der Waals surface area contributed by atoms with Crippen LogP contribution in [0.3, 0.4) is 0 Å². The second-order valence-electron chi connectivity index (χ2n) is 4.13. The van der Waals surface area contributed by atoms with Gasteiger partial charge in [0.1, 0.15) is 5.82 Å². The third-order valence-electron chi connectivity index (χ3n) is 2.67. The lowest BCUT2D eigenvalue weighted by atomic mass is 10.2. The van der Waals surface area contributed by atoms with Crippen molar-refractivity contribution in [2.75, 3.05) is 11.1 Å². The van der Waals surface area contributed by atoms with Crippen LogP contribution in [-0.2, 0) is 0 Å². The standard InChI is InChI=1S/C13H12N4O3/c1-8-11(5-6-12(14)15-8)16-13(18)9-3-2-4-10(7-9)17(19)20/h2-7H,1H3,(H2,14,15)(H,16,18). The van der Waals surface area contributed by atoms with Gasteiger partial charge in [-0.05, 0) is 25.1 Å². The van der Waals surface area contributed by atoms with Crippen molar-refractivity contribution in [2.45, 2.75) is 6.92 Å². The molecule has 0 saturated heterocycles. The first-order valence-electron chi connectivity index (χ1n) is 5.76. The van der Waals surface area contributed by atoms with Crippen molar-refractivity contribution in [3.05, 3.63) is 57.8 Å². The minimum absolute atomic E-state index is 0.134. The number of nitro groups is 1. The number of non-ortho nitro benzene ring substituents is 1. The first-order valence-corrected chi connectivity index (χ1v) is 5.76. The van der Waals surface area contributed by atoms with E-state index in [0.717, 1.165) is 0 Å². The highest BCUT2D eigenvalue weighted by atomic mass is 16.6. The van der Waals surface area contributed by atoms with Crippen molar-refractivity contribution in [3.8, 4) is 0 Å². The Hall–Kier alpha value is -2.96. The summed E-state index contributed by atoms with van der Waals surface area (Å²) >= 11 is 0. The maximum atomic E-state index is 12.0. The average molecular weight is 272 g/mol. The Morgan fingerprint density at radius 3 is 2.75 bits per heavy atom. The summed E-state index contributed by atoms with van der Waals surface area (Å²) in [5.41, 5.74) is 6.68. The zero-order valence-electron chi connectivity index (χ0n) is 10.7. The third-order valence-corrected chi connectivity index (χ3v) is 2.67. The monoisotopic (exact) mass is 272 g/mol. The number of carbonyl (C=O) groups is 1. The maximum absolute atomic E-state index is 12.0. The average Bonchev–Trinajstić information content (AvgIpc) is 2.42. The van der Waals surface area contributed by atoms with Gasteiger partial charge in [-0.25, -0.2) is 4.98 Å². The number of benzene rings is 1. The van der Waals surface area contributed by atoms with Gasteiger partial charge in [0.25, 0.3) is 11.6 Å². The van der Waals surface area contributed by atoms with Crippen molar-refractivity contribution in [1.29, 1.82) is 0 Å². The lowest BCUT2D eigenvalue weighted by molar-refractivity contribution is -0.384. The first-order chi connectivity index (χ1) is 9.47. The molecule has 0 unspecified atom stereocenters. The zero-order valence-corrected chi connectivity index (χ0v) is 10.7. The number of amides is 1. The summed E-state index contributed by atoms with van der Waals surface area (Å²) in [4.78, 5) is 26.2. The minimum atomic E-state index is -0.549. The summed E-state index contributed by atoms with van der Waals surface area (Å²) in [6, 6.07) is 8.70. The van der Waals surface area contributed by atoms with Gasteiger partial charge in [0.05, 0.1) is 16.3 Å². The molecule has 0 aliphatic rings. The van der Waals surface area contributed by atoms with Gasteiger partial charge in [0.2, 0.25) is 0 Å². The number of anilines is 2. The van der Waals surface area contributed by atoms with Crippen LogP contribution in [0.25, 0.3) is 0 Å². The van der Waals surface area contributed by atoms with E-state index in [-0.39, 0.29) is 11.3 Å². The molecule has 3 N–H and O–H groups in total. The molecular formula is C13H12N4O3. The van der Waals surface area contributed by atoms with Crippen LogP contribution in [0.4, 0.5) is 17.2 Å². The fourth-order valence-corrected chi connectivity index (χ4v) is 1.67. The highest BCUT2D eigenvalue weighted by Gasteiger charge is 2.12. The number of hydrogen-bond donors (Lipinski definition) is 2. The molecule has 0 aliphatic carbocycles. The van der Waals surface area contributed by atoms with Gasteiger partial charge in [0.15, 0.2) is 0 Å². The number of nitrogen functional groups attached to an aromatic ring is 1. The van der Waals surface area contributed by atoms with E-state index in [4.69, 9.17) is 5.73 Å². The smallest absolute Gasteiger partial charge is 0.270 e. The number of nitrogens with two attached hydrogens (primary N) is 1. The number of pyridine rings is 1. The van der Waals surface area contributed by atoms with Crippen LogP contribution in [0.1, 0.15) is 16.1 Å². The normalized spacial score (nSPS) is 10.1. The van der Waals surface area contributed by atoms with Gasteiger partial charge in [0, 0.05) is 17.7 Å². The summed E-state index contributed by atoms with van der Waals surface area (Å²) in [7, 11) is 0. The SMILES string of the molecule is Cc1nc(N)ccc1NC(=O)c1cccc([N+](=O)[O-])c1. The number of nitrogens with zero attached hydrogens (tertiary/aromatic N) is 2. The summed E-state index contributed by atoms with van der Waals surface area (Å²) in [6.45, 7) is 1.71. The van der Waals surface area contributed by atoms with Crippen molar-refractivity contribution in [2.24, 2.45) is 0 Å². The second-order valence-corrected chi connectivity index (χ2v) is 4.13. The number of carbonyl (C=O) groups excluding carboxylic acids is 1. The molecule has 7 heteroatoms. The van der Waals surface area contributed by atoms with Gasteiger partial charge < -0.3 is 11.1 Å². The first kappa shape index (κ1) is 13.5. The van der Waals surface area contributed by atoms with E-state index in [0.29, 0.717) is 17.2 Å². The lowest BCUT2D eigenvalue weighted by Crippen LogP contribution is -2.13. The predicted molar refractivity (Wildman–Crippen MR) is 74.4 cm³/mol. The van der Waals surface area contributed by atoms with E-state index in [1.165, 1.54) is 24.3 Å². The third kappa shape index (κ3) is 2.89. The largest absolute Gasteiger partial charge is 0.384 e. The summed E-state index contributed by atoms with van der Waals surface area (Å²) < 4.78 is 0. The molecule has 1 amide bonds. The molecule has 0 radical (unpaired) electrons. The van der Waals surface area contributed by atoms with E-state index in [1.54, 1.807) is 19.1 Å². The number of aromatic nitrogens is 1. The molecule has 102 valence electrons. The Bertz CT molecular complexity index is 685. The summed E-state index contributed by atoms with van der Waals surface area (Å²) in [5.74, 6) is -0.0841. The quantitative estimate of drug-likeness (QED) is 0.656. The fourth-order valence-electron chi connectivity index (χ4n) is 1.67. The molecule has 0 aliphatic heterocycles. The lowest BCUT2D eigenvalue weighted by Gasteiger charge is -2.08. The van der Waals surface area contributed by atoms with Crippen LogP contribution >= 0.6 is 0 Å². The van der Waals surface area contributed by atoms with Gasteiger partial charge >= 0.3 is 0 Å². The van der Waals surface area contributed by atoms with Crippen LogP contribution in [0.5, 0.6) is 0 Å². The Kier molecular flexibility index (Phi) is 3.60. The van der Waals surface area contributed by atoms with Crippen LogP contribution in [-0.4, -0.2) is 15.8 Å². The molecule has 2 rings (SSSR count). The van der Waals surface area contributed by atoms with Crippen molar-refractivity contribution in [3.63, 3.8) is 0 Å². The number of nitrogens with one attached hydrogen (secondary N) is 1. The second kappa shape index (κ2) is 5.35. The van der Waals surface area contributed by atoms with E-state index in [9.17, 15) is 14.9 Å². The van der Waals surface area contributed by atoms with Crippen LogP contribution in [0.2, 0.25) is 0 Å². The Labute approximate surface area is 114 Å². The number of rotatable bonds is 3. The molecular weight excluding hydrogens is 260 g/mol. The molecule has 7 nitrogen and oxygen atoms in total. The molecule has 1 aromatic carbocycles. The Balaban J connectivity index is 2.24. The van der Waals surface area contributed by atoms with Crippen molar-refractivity contribution in [1.82, 2.24) is 4.98 Å². The molecule has 2 aromatic rings. The van der Waals surface area contributed by atoms with E-state index >= 15 is 0 Å². The van der Waals surface area contributed by atoms with Gasteiger partial charge in [-0.2, -0.15) is 0 Å². The minimum Gasteiger partial charge on any atom is -0.384 e. The molecule has 0 fully saturated rings. The highest BCUT2D eigenvalue weighted by molar-refractivity contribution is 6.04. The highest BCUT2D eigenvalue weighted by Crippen LogP contribution is 2.17. The van der Waals surface area contributed by atoms with Crippen molar-refractivity contribution < 1.29 is 9.72 Å². The molecule has 20 heavy (non-hydrogen) atoms. The molecule has 0 atom stereocenters. The number of nitro benzene ring substituents is 1. The van der Waals surface area contributed by atoms with Crippen molar-refractivity contribution >= 4 is 23.1 Å². The van der Waals surface area contributed by atoms with Gasteiger partial charge in [-0.15, -0.1) is 0 Å². The van der Waals surface area contributed by atoms with E-state index in [2.05, 4.69) is 10.3 Å². The topological polar surface area (TPSA) is 111 Å². The van der Waals surface area contributed by atoms with Gasteiger partial charge in [-0.3, -0.25) is 14.9 Å². The Morgan fingerprint density at radius 2 is 2.10 bits per heavy atom. The molecule has 0 saturated carbocycles. The Morgan fingerprint density at radius 1 is 1.35 bits per heavy atom. The molecule has 0 spiro atoms. The summed E-state index contributed by atoms with van der Waals surface area (Å²) in [6.07, 6.45) is 0. The fraction of sp³-hybridized carbons (Fsp3) is 0.0769. The predicted octanol–water partition coefficient (Wildman–Crippen LogP) is 2.13. The summed E-state index contributed by atoms with van der Waals surface area (Å²) in [5, 5.41) is 13.3.